The van der Waals surface area contributed by atoms with E-state index in [4.69, 9.17) is 23.9 Å². The Labute approximate surface area is 194 Å². The summed E-state index contributed by atoms with van der Waals surface area (Å²) in [6.45, 7) is 0. The number of hydrogen-bond donors (Lipinski definition) is 1. The molecule has 1 N–H and O–H groups in total. The molecule has 1 aliphatic carbocycles. The molecular formula is C26H30N2O5. The second kappa shape index (κ2) is 9.98. The molecule has 7 heteroatoms. The number of fused-ring (bicyclic) bond motifs is 1. The molecule has 1 amide bonds. The van der Waals surface area contributed by atoms with Crippen molar-refractivity contribution in [3.05, 3.63) is 53.9 Å². The highest BCUT2D eigenvalue weighted by atomic mass is 16.5. The van der Waals surface area contributed by atoms with Gasteiger partial charge in [0.1, 0.15) is 0 Å². The Hall–Kier alpha value is -3.48. The van der Waals surface area contributed by atoms with Gasteiger partial charge in [0.25, 0.3) is 0 Å². The predicted octanol–water partition coefficient (Wildman–Crippen LogP) is 4.67. The molecule has 0 spiro atoms. The van der Waals surface area contributed by atoms with Crippen molar-refractivity contribution >= 4 is 16.7 Å². The van der Waals surface area contributed by atoms with Gasteiger partial charge in [-0.1, -0.05) is 18.9 Å². The zero-order valence-corrected chi connectivity index (χ0v) is 19.5. The summed E-state index contributed by atoms with van der Waals surface area (Å²) in [5.74, 6) is 2.53. The van der Waals surface area contributed by atoms with Gasteiger partial charge in [-0.05, 0) is 54.1 Å². The highest BCUT2D eigenvalue weighted by Gasteiger charge is 2.28. The Kier molecular flexibility index (Phi) is 6.87. The van der Waals surface area contributed by atoms with Crippen LogP contribution in [0.25, 0.3) is 10.8 Å². The van der Waals surface area contributed by atoms with E-state index in [9.17, 15) is 4.79 Å². The molecule has 1 fully saturated rings. The van der Waals surface area contributed by atoms with Gasteiger partial charge in [0, 0.05) is 17.5 Å². The minimum Gasteiger partial charge on any atom is -0.493 e. The van der Waals surface area contributed by atoms with Gasteiger partial charge >= 0.3 is 0 Å². The van der Waals surface area contributed by atoms with Crippen LogP contribution in [0.2, 0.25) is 0 Å². The number of ether oxygens (including phenoxy) is 4. The Bertz CT molecular complexity index is 1140. The van der Waals surface area contributed by atoms with Gasteiger partial charge in [0.2, 0.25) is 5.91 Å². The van der Waals surface area contributed by atoms with Gasteiger partial charge in [0.05, 0.1) is 40.2 Å². The van der Waals surface area contributed by atoms with Crippen LogP contribution in [-0.4, -0.2) is 39.3 Å². The molecule has 174 valence electrons. The van der Waals surface area contributed by atoms with Crippen LogP contribution in [0.5, 0.6) is 23.0 Å². The molecule has 1 unspecified atom stereocenters. The number of rotatable bonds is 8. The maximum absolute atomic E-state index is 13.2. The molecule has 0 aliphatic heterocycles. The SMILES string of the molecule is COc1ccc(C(NC(=O)C2CCCC2)c2nccc3cc(OC)c(OC)cc23)cc1OC. The fourth-order valence-electron chi connectivity index (χ4n) is 4.54. The molecule has 2 aromatic carbocycles. The lowest BCUT2D eigenvalue weighted by atomic mass is 9.96. The summed E-state index contributed by atoms with van der Waals surface area (Å²) in [4.78, 5) is 17.9. The minimum atomic E-state index is -0.472. The van der Waals surface area contributed by atoms with Crippen molar-refractivity contribution in [2.75, 3.05) is 28.4 Å². The molecule has 3 aromatic rings. The van der Waals surface area contributed by atoms with Crippen molar-refractivity contribution in [2.45, 2.75) is 31.7 Å². The van der Waals surface area contributed by atoms with Crippen LogP contribution in [0.15, 0.2) is 42.6 Å². The Morgan fingerprint density at radius 1 is 0.879 bits per heavy atom. The van der Waals surface area contributed by atoms with Crippen molar-refractivity contribution < 1.29 is 23.7 Å². The third-order valence-electron chi connectivity index (χ3n) is 6.33. The van der Waals surface area contributed by atoms with E-state index in [0.717, 1.165) is 47.7 Å². The predicted molar refractivity (Wildman–Crippen MR) is 126 cm³/mol. The summed E-state index contributed by atoms with van der Waals surface area (Å²) in [6.07, 6.45) is 5.75. The van der Waals surface area contributed by atoms with Crippen LogP contribution < -0.4 is 24.3 Å². The lowest BCUT2D eigenvalue weighted by Gasteiger charge is -2.23. The van der Waals surface area contributed by atoms with Crippen molar-refractivity contribution in [1.82, 2.24) is 10.3 Å². The van der Waals surface area contributed by atoms with E-state index in [0.29, 0.717) is 23.0 Å². The van der Waals surface area contributed by atoms with E-state index in [1.165, 1.54) is 0 Å². The largest absolute Gasteiger partial charge is 0.493 e. The number of methoxy groups -OCH3 is 4. The zero-order chi connectivity index (χ0) is 23.4. The average molecular weight is 451 g/mol. The molecule has 1 aromatic heterocycles. The monoisotopic (exact) mass is 450 g/mol. The molecule has 1 saturated carbocycles. The van der Waals surface area contributed by atoms with Crippen molar-refractivity contribution in [2.24, 2.45) is 5.92 Å². The summed E-state index contributed by atoms with van der Waals surface area (Å²) in [5.41, 5.74) is 1.58. The molecule has 0 bridgehead atoms. The Morgan fingerprint density at radius 2 is 1.52 bits per heavy atom. The highest BCUT2D eigenvalue weighted by molar-refractivity contribution is 5.89. The number of amides is 1. The van der Waals surface area contributed by atoms with E-state index >= 15 is 0 Å². The Balaban J connectivity index is 1.85. The molecule has 1 aliphatic rings. The lowest BCUT2D eigenvalue weighted by molar-refractivity contribution is -0.125. The van der Waals surface area contributed by atoms with Crippen molar-refractivity contribution in [1.29, 1.82) is 0 Å². The molecule has 33 heavy (non-hydrogen) atoms. The fraction of sp³-hybridized carbons (Fsp3) is 0.385. The third kappa shape index (κ3) is 4.53. The summed E-state index contributed by atoms with van der Waals surface area (Å²) in [6, 6.07) is 10.9. The topological polar surface area (TPSA) is 78.9 Å². The van der Waals surface area contributed by atoms with Gasteiger partial charge < -0.3 is 24.3 Å². The molecular weight excluding hydrogens is 420 g/mol. The smallest absolute Gasteiger partial charge is 0.223 e. The van der Waals surface area contributed by atoms with Gasteiger partial charge in [0.15, 0.2) is 23.0 Å². The minimum absolute atomic E-state index is 0.0252. The first kappa shape index (κ1) is 22.7. The van der Waals surface area contributed by atoms with E-state index in [2.05, 4.69) is 5.32 Å². The van der Waals surface area contributed by atoms with Crippen LogP contribution in [0.4, 0.5) is 0 Å². The molecule has 7 nitrogen and oxygen atoms in total. The number of carbonyl (C=O) groups is 1. The van der Waals surface area contributed by atoms with Gasteiger partial charge in [-0.15, -0.1) is 0 Å². The number of carbonyl (C=O) groups excluding carboxylic acids is 1. The number of nitrogens with one attached hydrogen (secondary N) is 1. The number of benzene rings is 2. The normalized spacial score (nSPS) is 14.7. The highest BCUT2D eigenvalue weighted by Crippen LogP contribution is 2.38. The molecule has 0 radical (unpaired) electrons. The molecule has 0 saturated heterocycles. The van der Waals surface area contributed by atoms with Crippen molar-refractivity contribution in [3.63, 3.8) is 0 Å². The lowest BCUT2D eigenvalue weighted by Crippen LogP contribution is -2.34. The fourth-order valence-corrected chi connectivity index (χ4v) is 4.54. The van der Waals surface area contributed by atoms with E-state index in [1.54, 1.807) is 34.6 Å². The van der Waals surface area contributed by atoms with Crippen LogP contribution in [0.3, 0.4) is 0 Å². The average Bonchev–Trinajstić information content (AvgIpc) is 3.41. The molecule has 4 rings (SSSR count). The summed E-state index contributed by atoms with van der Waals surface area (Å²) < 4.78 is 21.9. The maximum atomic E-state index is 13.2. The van der Waals surface area contributed by atoms with Crippen molar-refractivity contribution in [3.8, 4) is 23.0 Å². The van der Waals surface area contributed by atoms with E-state index < -0.39 is 6.04 Å². The summed E-state index contributed by atoms with van der Waals surface area (Å²) in [5, 5.41) is 5.09. The second-order valence-electron chi connectivity index (χ2n) is 8.16. The maximum Gasteiger partial charge on any atom is 0.223 e. The van der Waals surface area contributed by atoms with E-state index in [1.807, 2.05) is 36.4 Å². The van der Waals surface area contributed by atoms with Gasteiger partial charge in [-0.25, -0.2) is 0 Å². The standard InChI is InChI=1S/C26H30N2O5/c1-30-20-10-9-18(14-21(20)31-2)24(28-26(29)16-7-5-6-8-16)25-19-15-23(33-4)22(32-3)13-17(19)11-12-27-25/h9-16,24H,5-8H2,1-4H3,(H,28,29). The number of pyridine rings is 1. The van der Waals surface area contributed by atoms with Crippen LogP contribution in [0, 0.1) is 5.92 Å². The van der Waals surface area contributed by atoms with E-state index in [-0.39, 0.29) is 11.8 Å². The van der Waals surface area contributed by atoms with Crippen LogP contribution in [0.1, 0.15) is 43.0 Å². The molecule has 1 atom stereocenters. The first-order valence-corrected chi connectivity index (χ1v) is 11.1. The van der Waals surface area contributed by atoms with Gasteiger partial charge in [-0.3, -0.25) is 9.78 Å². The number of hydrogen-bond acceptors (Lipinski definition) is 6. The Morgan fingerprint density at radius 3 is 2.18 bits per heavy atom. The zero-order valence-electron chi connectivity index (χ0n) is 19.5. The quantitative estimate of drug-likeness (QED) is 0.538. The second-order valence-corrected chi connectivity index (χ2v) is 8.16. The van der Waals surface area contributed by atoms with Gasteiger partial charge in [-0.2, -0.15) is 0 Å². The number of nitrogens with zero attached hydrogens (tertiary/aromatic N) is 1. The summed E-state index contributed by atoms with van der Waals surface area (Å²) >= 11 is 0. The number of aromatic nitrogens is 1. The van der Waals surface area contributed by atoms with Crippen LogP contribution in [-0.2, 0) is 4.79 Å². The van der Waals surface area contributed by atoms with Crippen LogP contribution >= 0.6 is 0 Å². The summed E-state index contributed by atoms with van der Waals surface area (Å²) in [7, 11) is 6.41. The first-order chi connectivity index (χ1) is 16.1. The first-order valence-electron chi connectivity index (χ1n) is 11.1. The third-order valence-corrected chi connectivity index (χ3v) is 6.33. The molecule has 1 heterocycles.